The predicted molar refractivity (Wildman–Crippen MR) is 62.7 cm³/mol. The van der Waals surface area contributed by atoms with E-state index in [-0.39, 0.29) is 11.7 Å². The van der Waals surface area contributed by atoms with Gasteiger partial charge >= 0.3 is 0 Å². The lowest BCUT2D eigenvalue weighted by Crippen LogP contribution is -2.27. The van der Waals surface area contributed by atoms with Crippen LogP contribution in [0.25, 0.3) is 0 Å². The van der Waals surface area contributed by atoms with E-state index in [1.165, 1.54) is 6.92 Å². The van der Waals surface area contributed by atoms with Crippen molar-refractivity contribution in [3.8, 4) is 0 Å². The van der Waals surface area contributed by atoms with Gasteiger partial charge in [-0.25, -0.2) is 0 Å². The summed E-state index contributed by atoms with van der Waals surface area (Å²) in [6.07, 6.45) is 0. The number of amides is 1. The largest absolute Gasteiger partial charge is 0.314 e. The molecule has 2 rings (SSSR count). The molecule has 0 aromatic heterocycles. The lowest BCUT2D eigenvalue weighted by Gasteiger charge is -2.11. The summed E-state index contributed by atoms with van der Waals surface area (Å²) < 4.78 is 0. The third-order valence-electron chi connectivity index (χ3n) is 3.14. The number of ketones is 1. The van der Waals surface area contributed by atoms with E-state index in [1.807, 2.05) is 26.0 Å². The molecule has 84 valence electrons. The smallest absolute Gasteiger partial charge is 0.241 e. The van der Waals surface area contributed by atoms with E-state index < -0.39 is 5.92 Å². The fourth-order valence-corrected chi connectivity index (χ4v) is 2.42. The third-order valence-corrected chi connectivity index (χ3v) is 3.14. The minimum absolute atomic E-state index is 0.0810. The Kier molecular flexibility index (Phi) is 2.34. The van der Waals surface area contributed by atoms with Crippen molar-refractivity contribution in [2.24, 2.45) is 0 Å². The van der Waals surface area contributed by atoms with E-state index in [0.29, 0.717) is 0 Å². The van der Waals surface area contributed by atoms with Crippen LogP contribution in [-0.2, 0) is 9.59 Å². The number of hydrogen-bond donors (Lipinski definition) is 0. The molecule has 0 aliphatic carbocycles. The molecule has 1 aliphatic rings. The average molecular weight is 217 g/mol. The summed E-state index contributed by atoms with van der Waals surface area (Å²) >= 11 is 0. The standard InChI is InChI=1S/C13H15NO2/c1-7-5-8(2)11-10(6-7)14(4)13(16)12(11)9(3)15/h5-6,12H,1-4H3. The van der Waals surface area contributed by atoms with Crippen LogP contribution in [0, 0.1) is 13.8 Å². The van der Waals surface area contributed by atoms with Crippen molar-refractivity contribution in [2.75, 3.05) is 11.9 Å². The van der Waals surface area contributed by atoms with Crippen LogP contribution >= 0.6 is 0 Å². The summed E-state index contributed by atoms with van der Waals surface area (Å²) in [5.74, 6) is -0.792. The van der Waals surface area contributed by atoms with Crippen LogP contribution in [0.2, 0.25) is 0 Å². The van der Waals surface area contributed by atoms with Crippen LogP contribution in [0.3, 0.4) is 0 Å². The van der Waals surface area contributed by atoms with Gasteiger partial charge in [-0.3, -0.25) is 9.59 Å². The maximum absolute atomic E-state index is 12.0. The highest BCUT2D eigenvalue weighted by Gasteiger charge is 2.39. The van der Waals surface area contributed by atoms with Gasteiger partial charge in [-0.05, 0) is 43.5 Å². The minimum atomic E-state index is -0.597. The Labute approximate surface area is 95.1 Å². The highest BCUT2D eigenvalue weighted by molar-refractivity contribution is 6.17. The molecule has 1 heterocycles. The van der Waals surface area contributed by atoms with Crippen LogP contribution in [0.15, 0.2) is 12.1 Å². The first-order valence-corrected chi connectivity index (χ1v) is 5.32. The zero-order chi connectivity index (χ0) is 12.0. The van der Waals surface area contributed by atoms with Gasteiger partial charge in [-0.15, -0.1) is 0 Å². The van der Waals surface area contributed by atoms with Gasteiger partial charge in [-0.1, -0.05) is 6.07 Å². The molecule has 1 aromatic carbocycles. The monoisotopic (exact) mass is 217 g/mol. The van der Waals surface area contributed by atoms with Crippen molar-refractivity contribution in [1.29, 1.82) is 0 Å². The molecule has 0 radical (unpaired) electrons. The number of nitrogens with zero attached hydrogens (tertiary/aromatic N) is 1. The first kappa shape index (κ1) is 10.9. The van der Waals surface area contributed by atoms with E-state index in [9.17, 15) is 9.59 Å². The molecule has 0 spiro atoms. The maximum atomic E-state index is 12.0. The van der Waals surface area contributed by atoms with Gasteiger partial charge in [0.1, 0.15) is 11.7 Å². The SMILES string of the molecule is CC(=O)C1C(=O)N(C)c2cc(C)cc(C)c21. The van der Waals surface area contributed by atoms with E-state index in [1.54, 1.807) is 11.9 Å². The summed E-state index contributed by atoms with van der Waals surface area (Å²) in [7, 11) is 1.73. The van der Waals surface area contributed by atoms with Crippen LogP contribution in [-0.4, -0.2) is 18.7 Å². The second kappa shape index (κ2) is 3.44. The van der Waals surface area contributed by atoms with Crippen LogP contribution in [0.4, 0.5) is 5.69 Å². The van der Waals surface area contributed by atoms with Gasteiger partial charge in [-0.2, -0.15) is 0 Å². The molecule has 0 saturated carbocycles. The number of rotatable bonds is 1. The second-order valence-corrected chi connectivity index (χ2v) is 4.46. The number of Topliss-reactive ketones (excluding diaryl/α,β-unsaturated/α-hetero) is 1. The molecule has 1 aliphatic heterocycles. The molecular formula is C13H15NO2. The lowest BCUT2D eigenvalue weighted by molar-refractivity contribution is -0.127. The number of hydrogen-bond acceptors (Lipinski definition) is 2. The summed E-state index contributed by atoms with van der Waals surface area (Å²) in [4.78, 5) is 25.1. The Morgan fingerprint density at radius 1 is 1.31 bits per heavy atom. The van der Waals surface area contributed by atoms with Crippen molar-refractivity contribution in [3.05, 3.63) is 28.8 Å². The number of carbonyl (C=O) groups is 2. The molecule has 1 aromatic rings. The van der Waals surface area contributed by atoms with Crippen LogP contribution < -0.4 is 4.90 Å². The Morgan fingerprint density at radius 3 is 2.50 bits per heavy atom. The maximum Gasteiger partial charge on any atom is 0.241 e. The Hall–Kier alpha value is -1.64. The number of aryl methyl sites for hydroxylation is 2. The van der Waals surface area contributed by atoms with Gasteiger partial charge in [0.25, 0.3) is 0 Å². The highest BCUT2D eigenvalue weighted by Crippen LogP contribution is 2.39. The predicted octanol–water partition coefficient (Wildman–Crippen LogP) is 1.95. The van der Waals surface area contributed by atoms with Crippen molar-refractivity contribution in [2.45, 2.75) is 26.7 Å². The molecule has 3 heteroatoms. The van der Waals surface area contributed by atoms with Crippen molar-refractivity contribution in [1.82, 2.24) is 0 Å². The van der Waals surface area contributed by atoms with Crippen LogP contribution in [0.5, 0.6) is 0 Å². The molecule has 0 saturated heterocycles. The van der Waals surface area contributed by atoms with Crippen LogP contribution in [0.1, 0.15) is 29.5 Å². The number of fused-ring (bicyclic) bond motifs is 1. The topological polar surface area (TPSA) is 37.4 Å². The molecular weight excluding hydrogens is 202 g/mol. The molecule has 1 amide bonds. The number of likely N-dealkylation sites (N-methyl/N-ethyl adjacent to an activating group) is 1. The number of benzene rings is 1. The molecule has 0 N–H and O–H groups in total. The fraction of sp³-hybridized carbons (Fsp3) is 0.385. The zero-order valence-electron chi connectivity index (χ0n) is 10.00. The summed E-state index contributed by atoms with van der Waals surface area (Å²) in [5.41, 5.74) is 3.89. The molecule has 0 bridgehead atoms. The first-order valence-electron chi connectivity index (χ1n) is 5.32. The summed E-state index contributed by atoms with van der Waals surface area (Å²) in [6, 6.07) is 3.98. The van der Waals surface area contributed by atoms with E-state index >= 15 is 0 Å². The number of anilines is 1. The number of carbonyl (C=O) groups excluding carboxylic acids is 2. The highest BCUT2D eigenvalue weighted by atomic mass is 16.2. The van der Waals surface area contributed by atoms with Gasteiger partial charge in [0.2, 0.25) is 5.91 Å². The van der Waals surface area contributed by atoms with E-state index in [0.717, 1.165) is 22.4 Å². The summed E-state index contributed by atoms with van der Waals surface area (Å²) in [5, 5.41) is 0. The van der Waals surface area contributed by atoms with Crippen molar-refractivity contribution >= 4 is 17.4 Å². The third kappa shape index (κ3) is 1.35. The Morgan fingerprint density at radius 2 is 1.94 bits per heavy atom. The van der Waals surface area contributed by atoms with E-state index in [4.69, 9.17) is 0 Å². The lowest BCUT2D eigenvalue weighted by atomic mass is 9.92. The Bertz CT molecular complexity index is 491. The Balaban J connectivity index is 2.70. The quantitative estimate of drug-likeness (QED) is 0.674. The average Bonchev–Trinajstić information content (AvgIpc) is 2.42. The first-order chi connectivity index (χ1) is 7.43. The zero-order valence-corrected chi connectivity index (χ0v) is 10.00. The van der Waals surface area contributed by atoms with Gasteiger partial charge in [0.05, 0.1) is 0 Å². The van der Waals surface area contributed by atoms with Gasteiger partial charge < -0.3 is 4.90 Å². The molecule has 16 heavy (non-hydrogen) atoms. The molecule has 1 atom stereocenters. The molecule has 0 fully saturated rings. The van der Waals surface area contributed by atoms with E-state index in [2.05, 4.69) is 0 Å². The van der Waals surface area contributed by atoms with Crippen molar-refractivity contribution < 1.29 is 9.59 Å². The fourth-order valence-electron chi connectivity index (χ4n) is 2.42. The van der Waals surface area contributed by atoms with Crippen molar-refractivity contribution in [3.63, 3.8) is 0 Å². The normalized spacial score (nSPS) is 18.9. The van der Waals surface area contributed by atoms with Gasteiger partial charge in [0, 0.05) is 12.7 Å². The summed E-state index contributed by atoms with van der Waals surface area (Å²) in [6.45, 7) is 5.42. The minimum Gasteiger partial charge on any atom is -0.314 e. The molecule has 3 nitrogen and oxygen atoms in total. The van der Waals surface area contributed by atoms with Gasteiger partial charge in [0.15, 0.2) is 0 Å². The second-order valence-electron chi connectivity index (χ2n) is 4.46. The molecule has 1 unspecified atom stereocenters.